The van der Waals surface area contributed by atoms with Gasteiger partial charge < -0.3 is 0 Å². The molecule has 0 spiro atoms. The molecule has 0 aliphatic rings. The van der Waals surface area contributed by atoms with Gasteiger partial charge in [0.25, 0.3) is 0 Å². The Kier molecular flexibility index (Phi) is 3.06. The molecule has 1 aromatic carbocycles. The normalized spacial score (nSPS) is 10.9. The summed E-state index contributed by atoms with van der Waals surface area (Å²) in [7, 11) is -2.91. The van der Waals surface area contributed by atoms with Crippen LogP contribution in [0.25, 0.3) is 0 Å². The summed E-state index contributed by atoms with van der Waals surface area (Å²) in [5.41, 5.74) is -0.806. The minimum absolute atomic E-state index is 0.235. The van der Waals surface area contributed by atoms with Gasteiger partial charge in [-0.3, -0.25) is 10.1 Å². The number of benzene rings is 1. The van der Waals surface area contributed by atoms with Crippen LogP contribution in [0.4, 0.5) is 10.1 Å². The van der Waals surface area contributed by atoms with Crippen molar-refractivity contribution < 1.29 is 23.3 Å². The highest BCUT2D eigenvalue weighted by molar-refractivity contribution is 7.32. The molecule has 1 aromatic rings. The maximum absolute atomic E-state index is 12.7. The fourth-order valence-corrected chi connectivity index (χ4v) is 1.07. The molecular weight excluding hydrogens is 216 g/mol. The second kappa shape index (κ2) is 4.08. The molecule has 0 radical (unpaired) electrons. The quantitative estimate of drug-likeness (QED) is 0.476. The molecule has 1 unspecified atom stereocenters. The second-order valence-corrected chi connectivity index (χ2v) is 2.86. The number of hydrogen-bond donors (Lipinski definition) is 1. The van der Waals surface area contributed by atoms with Crippen LogP contribution in [0.2, 0.25) is 0 Å². The van der Waals surface area contributed by atoms with Gasteiger partial charge in [0.15, 0.2) is 5.75 Å². The number of rotatable bonds is 3. The first-order valence-corrected chi connectivity index (χ1v) is 4.42. The smallest absolute Gasteiger partial charge is 0.258 e. The second-order valence-electron chi connectivity index (χ2n) is 2.20. The number of nitro groups is 1. The zero-order valence-corrected chi connectivity index (χ0v) is 7.48. The lowest BCUT2D eigenvalue weighted by Gasteiger charge is -1.94. The van der Waals surface area contributed by atoms with E-state index in [1.165, 1.54) is 0 Å². The van der Waals surface area contributed by atoms with Gasteiger partial charge in [-0.2, -0.15) is 4.39 Å². The van der Waals surface area contributed by atoms with Crippen LogP contribution < -0.4 is 4.52 Å². The third kappa shape index (κ3) is 2.45. The molecular formula is C6H4FNO5P+. The van der Waals surface area contributed by atoms with Crippen LogP contribution in [0.5, 0.6) is 5.75 Å². The summed E-state index contributed by atoms with van der Waals surface area (Å²) in [5.74, 6) is -1.27. The maximum Gasteiger partial charge on any atom is 0.747 e. The van der Waals surface area contributed by atoms with Crippen molar-refractivity contribution in [3.63, 3.8) is 0 Å². The summed E-state index contributed by atoms with van der Waals surface area (Å²) < 4.78 is 27.2. The Balaban J connectivity index is 3.06. The third-order valence-corrected chi connectivity index (χ3v) is 1.66. The minimum atomic E-state index is -2.91. The molecule has 0 saturated carbocycles. The first-order valence-electron chi connectivity index (χ1n) is 3.29. The fraction of sp³-hybridized carbons (Fsp3) is 0. The van der Waals surface area contributed by atoms with Crippen LogP contribution in [0.3, 0.4) is 0 Å². The first-order chi connectivity index (χ1) is 6.50. The summed E-state index contributed by atoms with van der Waals surface area (Å²) >= 11 is 0. The molecule has 0 aromatic heterocycles. The van der Waals surface area contributed by atoms with Gasteiger partial charge >= 0.3 is 13.9 Å². The third-order valence-electron chi connectivity index (χ3n) is 1.30. The molecule has 14 heavy (non-hydrogen) atoms. The molecule has 0 aliphatic carbocycles. The van der Waals surface area contributed by atoms with Gasteiger partial charge in [-0.25, -0.2) is 4.52 Å². The summed E-state index contributed by atoms with van der Waals surface area (Å²) in [6.07, 6.45) is 0. The highest BCUT2D eigenvalue weighted by atomic mass is 31.1. The van der Waals surface area contributed by atoms with E-state index in [4.69, 9.17) is 4.89 Å². The Labute approximate surface area is 78.0 Å². The summed E-state index contributed by atoms with van der Waals surface area (Å²) in [5, 5.41) is 10.2. The maximum atomic E-state index is 12.7. The molecule has 0 bridgehead atoms. The van der Waals surface area contributed by atoms with Gasteiger partial charge in [0, 0.05) is 4.57 Å². The standard InChI is InChI=1S/C6H3FNO5P/c7-5-2-1-4(13-14(11)12)3-6(5)8(9)10/h1-3H/p+1. The molecule has 74 valence electrons. The van der Waals surface area contributed by atoms with Gasteiger partial charge in [0.05, 0.1) is 11.0 Å². The van der Waals surface area contributed by atoms with E-state index in [1.807, 2.05) is 0 Å². The average molecular weight is 220 g/mol. The fourth-order valence-electron chi connectivity index (χ4n) is 0.779. The first kappa shape index (κ1) is 10.5. The van der Waals surface area contributed by atoms with Crippen molar-refractivity contribution in [1.82, 2.24) is 0 Å². The van der Waals surface area contributed by atoms with Crippen molar-refractivity contribution in [2.75, 3.05) is 0 Å². The lowest BCUT2D eigenvalue weighted by atomic mass is 10.3. The van der Waals surface area contributed by atoms with Crippen LogP contribution in [0.15, 0.2) is 18.2 Å². The van der Waals surface area contributed by atoms with Crippen LogP contribution in [-0.4, -0.2) is 9.82 Å². The summed E-state index contributed by atoms with van der Waals surface area (Å²) in [4.78, 5) is 17.6. The predicted molar refractivity (Wildman–Crippen MR) is 43.5 cm³/mol. The van der Waals surface area contributed by atoms with E-state index >= 15 is 0 Å². The van der Waals surface area contributed by atoms with Crippen molar-refractivity contribution in [2.45, 2.75) is 0 Å². The van der Waals surface area contributed by atoms with E-state index in [-0.39, 0.29) is 5.75 Å². The molecule has 1 rings (SSSR count). The van der Waals surface area contributed by atoms with Gasteiger partial charge in [-0.1, -0.05) is 0 Å². The van der Waals surface area contributed by atoms with Crippen molar-refractivity contribution in [2.24, 2.45) is 0 Å². The highest BCUT2D eigenvalue weighted by Gasteiger charge is 2.20. The van der Waals surface area contributed by atoms with Crippen LogP contribution >= 0.6 is 8.25 Å². The molecule has 0 heterocycles. The summed E-state index contributed by atoms with van der Waals surface area (Å²) in [6.45, 7) is 0. The predicted octanol–water partition coefficient (Wildman–Crippen LogP) is 1.76. The van der Waals surface area contributed by atoms with Crippen LogP contribution in [-0.2, 0) is 4.57 Å². The largest absolute Gasteiger partial charge is 0.747 e. The van der Waals surface area contributed by atoms with E-state index in [2.05, 4.69) is 4.52 Å². The van der Waals surface area contributed by atoms with E-state index in [9.17, 15) is 19.1 Å². The summed E-state index contributed by atoms with van der Waals surface area (Å²) in [6, 6.07) is 2.54. The van der Waals surface area contributed by atoms with Crippen molar-refractivity contribution in [1.29, 1.82) is 0 Å². The molecule has 8 heteroatoms. The zero-order chi connectivity index (χ0) is 10.7. The van der Waals surface area contributed by atoms with Gasteiger partial charge in [0.1, 0.15) is 0 Å². The van der Waals surface area contributed by atoms with Crippen molar-refractivity contribution in [3.8, 4) is 5.75 Å². The van der Waals surface area contributed by atoms with E-state index in [1.54, 1.807) is 0 Å². The number of nitrogens with zero attached hydrogens (tertiary/aromatic N) is 1. The van der Waals surface area contributed by atoms with Gasteiger partial charge in [0.2, 0.25) is 5.82 Å². The topological polar surface area (TPSA) is 89.7 Å². The van der Waals surface area contributed by atoms with Gasteiger partial charge in [-0.05, 0) is 12.1 Å². The monoisotopic (exact) mass is 220 g/mol. The number of halogens is 1. The molecule has 0 aliphatic heterocycles. The van der Waals surface area contributed by atoms with Crippen molar-refractivity contribution in [3.05, 3.63) is 34.1 Å². The van der Waals surface area contributed by atoms with Crippen molar-refractivity contribution >= 4 is 13.9 Å². The Hall–Kier alpha value is -1.59. The van der Waals surface area contributed by atoms with Gasteiger partial charge in [-0.15, -0.1) is 4.89 Å². The average Bonchev–Trinajstić information content (AvgIpc) is 2.07. The molecule has 1 N–H and O–H groups in total. The Morgan fingerprint density at radius 1 is 1.57 bits per heavy atom. The number of hydrogen-bond acceptors (Lipinski definition) is 4. The minimum Gasteiger partial charge on any atom is -0.258 e. The highest BCUT2D eigenvalue weighted by Crippen LogP contribution is 2.28. The zero-order valence-electron chi connectivity index (χ0n) is 6.58. The molecule has 0 amide bonds. The Morgan fingerprint density at radius 3 is 2.71 bits per heavy atom. The SMILES string of the molecule is O=[N+]([O-])c1cc(O[P+](=O)O)ccc1F. The molecule has 1 atom stereocenters. The van der Waals surface area contributed by atoms with Crippen LogP contribution in [0, 0.1) is 15.9 Å². The lowest BCUT2D eigenvalue weighted by molar-refractivity contribution is -0.387. The lowest BCUT2D eigenvalue weighted by Crippen LogP contribution is -1.92. The molecule has 0 saturated heterocycles. The molecule has 6 nitrogen and oxygen atoms in total. The van der Waals surface area contributed by atoms with E-state index in [0.717, 1.165) is 18.2 Å². The molecule has 0 fully saturated rings. The number of nitro benzene ring substituents is 1. The Bertz CT molecular complexity index is 396. The van der Waals surface area contributed by atoms with Crippen LogP contribution in [0.1, 0.15) is 0 Å². The van der Waals surface area contributed by atoms with E-state index < -0.39 is 24.7 Å². The Morgan fingerprint density at radius 2 is 2.21 bits per heavy atom. The van der Waals surface area contributed by atoms with E-state index in [0.29, 0.717) is 0 Å².